The van der Waals surface area contributed by atoms with Crippen molar-refractivity contribution in [3.8, 4) is 0 Å². The predicted octanol–water partition coefficient (Wildman–Crippen LogP) is 1.70. The number of fused-ring (bicyclic) bond motifs is 1. The standard InChI is InChI=1S/C13H16N2O.CH3NO/c1-9-8-12-13(16-9)3-2-11(15-12)10-4-6-14-7-5-10;2-1-3/h2-3,8,10,14H,4-7H2,1H3;1H,(H2,2,3). The van der Waals surface area contributed by atoms with E-state index in [0.717, 1.165) is 29.9 Å². The summed E-state index contributed by atoms with van der Waals surface area (Å²) in [6.45, 7) is 4.18. The summed E-state index contributed by atoms with van der Waals surface area (Å²) >= 11 is 0. The average molecular weight is 261 g/mol. The number of piperidine rings is 1. The van der Waals surface area contributed by atoms with Gasteiger partial charge in [0.05, 0.1) is 0 Å². The van der Waals surface area contributed by atoms with Gasteiger partial charge in [0.15, 0.2) is 5.58 Å². The summed E-state index contributed by atoms with van der Waals surface area (Å²) in [6, 6.07) is 6.17. The highest BCUT2D eigenvalue weighted by molar-refractivity contribution is 5.73. The molecular formula is C14H19N3O2. The molecule has 19 heavy (non-hydrogen) atoms. The number of nitrogens with one attached hydrogen (secondary N) is 1. The van der Waals surface area contributed by atoms with Crippen molar-refractivity contribution < 1.29 is 9.21 Å². The molecule has 1 saturated heterocycles. The van der Waals surface area contributed by atoms with Crippen molar-refractivity contribution in [1.82, 2.24) is 10.3 Å². The van der Waals surface area contributed by atoms with E-state index in [1.807, 2.05) is 19.1 Å². The van der Waals surface area contributed by atoms with Crippen LogP contribution >= 0.6 is 0 Å². The minimum Gasteiger partial charge on any atom is -0.460 e. The maximum atomic E-state index is 8.58. The van der Waals surface area contributed by atoms with Crippen molar-refractivity contribution in [1.29, 1.82) is 0 Å². The van der Waals surface area contributed by atoms with Crippen LogP contribution in [0.3, 0.4) is 0 Å². The van der Waals surface area contributed by atoms with E-state index in [2.05, 4.69) is 17.1 Å². The average Bonchev–Trinajstić information content (AvgIpc) is 2.79. The smallest absolute Gasteiger partial charge is 0.204 e. The van der Waals surface area contributed by atoms with Crippen molar-refractivity contribution in [3.05, 3.63) is 29.7 Å². The van der Waals surface area contributed by atoms with E-state index in [0.29, 0.717) is 5.92 Å². The Balaban J connectivity index is 0.000000408. The second-order valence-corrected chi connectivity index (χ2v) is 4.64. The molecule has 0 radical (unpaired) electrons. The molecule has 2 aromatic rings. The summed E-state index contributed by atoms with van der Waals surface area (Å²) in [6.07, 6.45) is 2.63. The first-order chi connectivity index (χ1) is 9.24. The fraction of sp³-hybridized carbons (Fsp3) is 0.429. The van der Waals surface area contributed by atoms with Crippen LogP contribution in [0.4, 0.5) is 0 Å². The number of nitrogens with two attached hydrogens (primary N) is 1. The highest BCUT2D eigenvalue weighted by Crippen LogP contribution is 2.26. The molecule has 0 bridgehead atoms. The van der Waals surface area contributed by atoms with Gasteiger partial charge in [-0.05, 0) is 45.0 Å². The lowest BCUT2D eigenvalue weighted by atomic mass is 9.94. The topological polar surface area (TPSA) is 81.2 Å². The molecule has 5 heteroatoms. The van der Waals surface area contributed by atoms with Crippen LogP contribution in [-0.4, -0.2) is 24.5 Å². The Morgan fingerprint density at radius 2 is 2.11 bits per heavy atom. The van der Waals surface area contributed by atoms with Crippen LogP contribution in [-0.2, 0) is 4.79 Å². The normalized spacial score (nSPS) is 15.8. The van der Waals surface area contributed by atoms with Crippen LogP contribution in [0.15, 0.2) is 22.6 Å². The lowest BCUT2D eigenvalue weighted by Crippen LogP contribution is -2.26. The third-order valence-electron chi connectivity index (χ3n) is 3.28. The molecule has 5 nitrogen and oxygen atoms in total. The molecule has 1 fully saturated rings. The molecule has 102 valence electrons. The second kappa shape index (κ2) is 6.33. The van der Waals surface area contributed by atoms with E-state index in [1.165, 1.54) is 18.5 Å². The number of amides is 1. The number of hydrogen-bond donors (Lipinski definition) is 2. The zero-order chi connectivity index (χ0) is 13.7. The number of aryl methyl sites for hydroxylation is 1. The van der Waals surface area contributed by atoms with Crippen molar-refractivity contribution in [3.63, 3.8) is 0 Å². The van der Waals surface area contributed by atoms with Crippen molar-refractivity contribution in [2.45, 2.75) is 25.7 Å². The summed E-state index contributed by atoms with van der Waals surface area (Å²) in [5.74, 6) is 1.55. The molecule has 3 N–H and O–H groups in total. The van der Waals surface area contributed by atoms with Gasteiger partial charge >= 0.3 is 0 Å². The number of furan rings is 1. The molecule has 0 aliphatic carbocycles. The van der Waals surface area contributed by atoms with E-state index in [4.69, 9.17) is 14.2 Å². The highest BCUT2D eigenvalue weighted by atomic mass is 16.3. The summed E-state index contributed by atoms with van der Waals surface area (Å²) < 4.78 is 5.54. The Bertz CT molecular complexity index is 545. The van der Waals surface area contributed by atoms with E-state index in [9.17, 15) is 0 Å². The molecule has 0 aromatic carbocycles. The predicted molar refractivity (Wildman–Crippen MR) is 73.8 cm³/mol. The second-order valence-electron chi connectivity index (χ2n) is 4.64. The van der Waals surface area contributed by atoms with Crippen LogP contribution < -0.4 is 11.1 Å². The fourth-order valence-electron chi connectivity index (χ4n) is 2.41. The Labute approximate surface area is 112 Å². The Morgan fingerprint density at radius 1 is 1.42 bits per heavy atom. The van der Waals surface area contributed by atoms with Crippen molar-refractivity contribution in [2.75, 3.05) is 13.1 Å². The Morgan fingerprint density at radius 3 is 2.79 bits per heavy atom. The van der Waals surface area contributed by atoms with Crippen LogP contribution in [0.5, 0.6) is 0 Å². The number of carbonyl (C=O) groups is 1. The molecule has 1 aliphatic heterocycles. The van der Waals surface area contributed by atoms with Crippen LogP contribution in [0.2, 0.25) is 0 Å². The van der Waals surface area contributed by atoms with Gasteiger partial charge in [-0.2, -0.15) is 0 Å². The van der Waals surface area contributed by atoms with E-state index in [-0.39, 0.29) is 6.41 Å². The lowest BCUT2D eigenvalue weighted by molar-refractivity contribution is -0.106. The van der Waals surface area contributed by atoms with Gasteiger partial charge in [0.2, 0.25) is 6.41 Å². The fourth-order valence-corrected chi connectivity index (χ4v) is 2.41. The molecule has 0 unspecified atom stereocenters. The van der Waals surface area contributed by atoms with E-state index < -0.39 is 0 Å². The first kappa shape index (κ1) is 13.5. The van der Waals surface area contributed by atoms with Crippen LogP contribution in [0.25, 0.3) is 11.1 Å². The van der Waals surface area contributed by atoms with Gasteiger partial charge in [-0.15, -0.1) is 0 Å². The molecule has 1 amide bonds. The molecule has 3 heterocycles. The largest absolute Gasteiger partial charge is 0.460 e. The van der Waals surface area contributed by atoms with Gasteiger partial charge in [0, 0.05) is 17.7 Å². The third kappa shape index (κ3) is 3.32. The third-order valence-corrected chi connectivity index (χ3v) is 3.28. The summed E-state index contributed by atoms with van der Waals surface area (Å²) in [5.41, 5.74) is 7.28. The number of rotatable bonds is 1. The van der Waals surface area contributed by atoms with Gasteiger partial charge in [-0.1, -0.05) is 0 Å². The minimum atomic E-state index is 0.250. The SMILES string of the molecule is Cc1cc2nc(C3CCNCC3)ccc2o1.NC=O. The molecule has 3 rings (SSSR count). The number of primary amides is 1. The van der Waals surface area contributed by atoms with Crippen LogP contribution in [0.1, 0.15) is 30.2 Å². The highest BCUT2D eigenvalue weighted by Gasteiger charge is 2.17. The summed E-state index contributed by atoms with van der Waals surface area (Å²) in [5, 5.41) is 3.38. The zero-order valence-corrected chi connectivity index (χ0v) is 11.1. The monoisotopic (exact) mass is 261 g/mol. The first-order valence-corrected chi connectivity index (χ1v) is 6.47. The van der Waals surface area contributed by atoms with Gasteiger partial charge in [0.1, 0.15) is 11.3 Å². The maximum absolute atomic E-state index is 8.58. The Kier molecular flexibility index (Phi) is 4.52. The van der Waals surface area contributed by atoms with Crippen LogP contribution in [0, 0.1) is 6.92 Å². The maximum Gasteiger partial charge on any atom is 0.204 e. The molecular weight excluding hydrogens is 242 g/mol. The van der Waals surface area contributed by atoms with Gasteiger partial charge in [-0.25, -0.2) is 4.98 Å². The quantitative estimate of drug-likeness (QED) is 0.766. The number of pyridine rings is 1. The van der Waals surface area contributed by atoms with Gasteiger partial charge in [-0.3, -0.25) is 4.79 Å². The lowest BCUT2D eigenvalue weighted by Gasteiger charge is -2.21. The van der Waals surface area contributed by atoms with Crippen molar-refractivity contribution in [2.24, 2.45) is 5.73 Å². The number of nitrogens with zero attached hydrogens (tertiary/aromatic N) is 1. The molecule has 0 spiro atoms. The molecule has 0 atom stereocenters. The van der Waals surface area contributed by atoms with Crippen molar-refractivity contribution >= 4 is 17.5 Å². The summed E-state index contributed by atoms with van der Waals surface area (Å²) in [7, 11) is 0. The number of hydrogen-bond acceptors (Lipinski definition) is 4. The molecule has 2 aromatic heterocycles. The Hall–Kier alpha value is -1.88. The van der Waals surface area contributed by atoms with Gasteiger partial charge < -0.3 is 15.5 Å². The zero-order valence-electron chi connectivity index (χ0n) is 11.1. The molecule has 0 saturated carbocycles. The number of carbonyl (C=O) groups excluding carboxylic acids is 1. The minimum absolute atomic E-state index is 0.250. The van der Waals surface area contributed by atoms with E-state index >= 15 is 0 Å². The number of aromatic nitrogens is 1. The summed E-state index contributed by atoms with van der Waals surface area (Å²) in [4.78, 5) is 13.3. The van der Waals surface area contributed by atoms with E-state index in [1.54, 1.807) is 0 Å². The van der Waals surface area contributed by atoms with Gasteiger partial charge in [0.25, 0.3) is 0 Å². The molecule has 1 aliphatic rings. The first-order valence-electron chi connectivity index (χ1n) is 6.47.